The standard InChI is InChI=1S/C14H13ClFNO4/c1-7(2)19-14(18)20-13-8(3)21-17-12(13)11-9(15)5-4-6-10(11)16/h4-7H,1-3H3. The van der Waals surface area contributed by atoms with Crippen molar-refractivity contribution < 1.29 is 23.2 Å². The molecule has 0 aliphatic carbocycles. The van der Waals surface area contributed by atoms with Gasteiger partial charge in [-0.2, -0.15) is 0 Å². The lowest BCUT2D eigenvalue weighted by Crippen LogP contribution is -2.16. The van der Waals surface area contributed by atoms with E-state index in [0.717, 1.165) is 0 Å². The Labute approximate surface area is 125 Å². The fourth-order valence-electron chi connectivity index (χ4n) is 1.67. The number of nitrogens with zero attached hydrogens (tertiary/aromatic N) is 1. The van der Waals surface area contributed by atoms with Crippen LogP contribution in [0.3, 0.4) is 0 Å². The lowest BCUT2D eigenvalue weighted by Gasteiger charge is -2.09. The number of aromatic nitrogens is 1. The Hall–Kier alpha value is -2.08. The Morgan fingerprint density at radius 1 is 1.43 bits per heavy atom. The number of carbonyl (C=O) groups is 1. The van der Waals surface area contributed by atoms with Gasteiger partial charge in [0.05, 0.1) is 16.7 Å². The Balaban J connectivity index is 2.41. The summed E-state index contributed by atoms with van der Waals surface area (Å²) < 4.78 is 28.8. The van der Waals surface area contributed by atoms with Gasteiger partial charge in [0.15, 0.2) is 11.5 Å². The molecule has 0 N–H and O–H groups in total. The van der Waals surface area contributed by atoms with Gasteiger partial charge >= 0.3 is 6.16 Å². The van der Waals surface area contributed by atoms with Crippen molar-refractivity contribution in [1.29, 1.82) is 0 Å². The summed E-state index contributed by atoms with van der Waals surface area (Å²) in [5, 5.41) is 3.84. The quantitative estimate of drug-likeness (QED) is 0.787. The van der Waals surface area contributed by atoms with E-state index in [-0.39, 0.29) is 33.9 Å². The van der Waals surface area contributed by atoms with Crippen molar-refractivity contribution in [3.05, 3.63) is 34.8 Å². The van der Waals surface area contributed by atoms with Gasteiger partial charge in [-0.25, -0.2) is 9.18 Å². The van der Waals surface area contributed by atoms with Crippen LogP contribution in [0.25, 0.3) is 11.3 Å². The molecule has 0 radical (unpaired) electrons. The minimum absolute atomic E-state index is 0.00311. The van der Waals surface area contributed by atoms with E-state index in [1.54, 1.807) is 13.8 Å². The van der Waals surface area contributed by atoms with E-state index >= 15 is 0 Å². The number of rotatable bonds is 3. The van der Waals surface area contributed by atoms with E-state index in [1.165, 1.54) is 25.1 Å². The lowest BCUT2D eigenvalue weighted by atomic mass is 10.1. The van der Waals surface area contributed by atoms with Crippen molar-refractivity contribution >= 4 is 17.8 Å². The minimum atomic E-state index is -0.926. The predicted molar refractivity (Wildman–Crippen MR) is 73.9 cm³/mol. The van der Waals surface area contributed by atoms with Gasteiger partial charge in [0, 0.05) is 6.92 Å². The van der Waals surface area contributed by atoms with Gasteiger partial charge in [-0.1, -0.05) is 22.8 Å². The minimum Gasteiger partial charge on any atom is -0.431 e. The molecule has 1 aromatic carbocycles. The van der Waals surface area contributed by atoms with Crippen LogP contribution in [0.15, 0.2) is 22.7 Å². The summed E-state index contributed by atoms with van der Waals surface area (Å²) in [5.74, 6) is -0.407. The van der Waals surface area contributed by atoms with Crippen molar-refractivity contribution in [3.63, 3.8) is 0 Å². The highest BCUT2D eigenvalue weighted by Gasteiger charge is 2.24. The zero-order valence-electron chi connectivity index (χ0n) is 11.6. The maximum Gasteiger partial charge on any atom is 0.514 e. The molecule has 2 rings (SSSR count). The van der Waals surface area contributed by atoms with Crippen LogP contribution in [0.4, 0.5) is 9.18 Å². The summed E-state index contributed by atoms with van der Waals surface area (Å²) in [7, 11) is 0. The Morgan fingerprint density at radius 2 is 2.14 bits per heavy atom. The normalized spacial score (nSPS) is 10.8. The summed E-state index contributed by atoms with van der Waals surface area (Å²) in [6, 6.07) is 4.18. The molecule has 0 spiro atoms. The van der Waals surface area contributed by atoms with Gasteiger partial charge in [0.2, 0.25) is 5.75 Å². The fourth-order valence-corrected chi connectivity index (χ4v) is 1.92. The van der Waals surface area contributed by atoms with Crippen LogP contribution in [0.1, 0.15) is 19.6 Å². The molecule has 21 heavy (non-hydrogen) atoms. The van der Waals surface area contributed by atoms with Gasteiger partial charge in [0.1, 0.15) is 5.82 Å². The first-order valence-electron chi connectivity index (χ1n) is 6.19. The van der Waals surface area contributed by atoms with Crippen molar-refractivity contribution in [1.82, 2.24) is 5.16 Å². The summed E-state index contributed by atoms with van der Waals surface area (Å²) in [6.45, 7) is 4.88. The zero-order chi connectivity index (χ0) is 15.6. The van der Waals surface area contributed by atoms with Gasteiger partial charge in [-0.15, -0.1) is 0 Å². The number of aryl methyl sites for hydroxylation is 1. The molecule has 2 aromatic rings. The second-order valence-electron chi connectivity index (χ2n) is 4.53. The maximum absolute atomic E-state index is 13.9. The van der Waals surface area contributed by atoms with E-state index in [1.807, 2.05) is 0 Å². The number of carbonyl (C=O) groups excluding carboxylic acids is 1. The van der Waals surface area contributed by atoms with Crippen LogP contribution in [-0.2, 0) is 4.74 Å². The monoisotopic (exact) mass is 313 g/mol. The first kappa shape index (κ1) is 15.3. The Morgan fingerprint density at radius 3 is 2.76 bits per heavy atom. The highest BCUT2D eigenvalue weighted by molar-refractivity contribution is 6.33. The first-order valence-corrected chi connectivity index (χ1v) is 6.57. The number of halogens is 2. The predicted octanol–water partition coefficient (Wildman–Crippen LogP) is 4.37. The Bertz CT molecular complexity index is 649. The number of ether oxygens (including phenoxy) is 2. The second kappa shape index (κ2) is 6.13. The maximum atomic E-state index is 13.9. The van der Waals surface area contributed by atoms with Gasteiger partial charge < -0.3 is 14.0 Å². The summed E-state index contributed by atoms with van der Waals surface area (Å²) in [4.78, 5) is 11.6. The van der Waals surface area contributed by atoms with Gasteiger partial charge in [-0.3, -0.25) is 0 Å². The summed E-state index contributed by atoms with van der Waals surface area (Å²) in [5.41, 5.74) is 0.0136. The fraction of sp³-hybridized carbons (Fsp3) is 0.286. The molecule has 0 amide bonds. The molecule has 0 atom stereocenters. The van der Waals surface area contributed by atoms with Crippen LogP contribution in [-0.4, -0.2) is 17.4 Å². The molecule has 1 heterocycles. The van der Waals surface area contributed by atoms with E-state index in [2.05, 4.69) is 5.16 Å². The van der Waals surface area contributed by atoms with E-state index < -0.39 is 12.0 Å². The molecule has 1 aromatic heterocycles. The third-order valence-corrected chi connectivity index (χ3v) is 2.84. The molecule has 0 aliphatic heterocycles. The second-order valence-corrected chi connectivity index (χ2v) is 4.94. The Kier molecular flexibility index (Phi) is 4.47. The number of hydrogen-bond donors (Lipinski definition) is 0. The van der Waals surface area contributed by atoms with Crippen LogP contribution in [0.5, 0.6) is 5.75 Å². The molecule has 0 bridgehead atoms. The molecular formula is C14H13ClFNO4. The summed E-state index contributed by atoms with van der Waals surface area (Å²) >= 11 is 5.97. The van der Waals surface area contributed by atoms with E-state index in [4.69, 9.17) is 25.6 Å². The van der Waals surface area contributed by atoms with Crippen molar-refractivity contribution in [2.75, 3.05) is 0 Å². The topological polar surface area (TPSA) is 61.6 Å². The van der Waals surface area contributed by atoms with E-state index in [0.29, 0.717) is 0 Å². The smallest absolute Gasteiger partial charge is 0.431 e. The third kappa shape index (κ3) is 3.33. The van der Waals surface area contributed by atoms with Crippen molar-refractivity contribution in [3.8, 4) is 17.0 Å². The van der Waals surface area contributed by atoms with Crippen LogP contribution in [0, 0.1) is 12.7 Å². The average molecular weight is 314 g/mol. The molecule has 0 unspecified atom stereocenters. The molecule has 0 saturated heterocycles. The highest BCUT2D eigenvalue weighted by Crippen LogP contribution is 2.38. The highest BCUT2D eigenvalue weighted by atomic mass is 35.5. The molecule has 0 aliphatic rings. The molecule has 7 heteroatoms. The average Bonchev–Trinajstić information content (AvgIpc) is 2.70. The van der Waals surface area contributed by atoms with Crippen molar-refractivity contribution in [2.24, 2.45) is 0 Å². The molecule has 112 valence electrons. The van der Waals surface area contributed by atoms with Gasteiger partial charge in [0.25, 0.3) is 0 Å². The SMILES string of the molecule is Cc1onc(-c2c(F)cccc2Cl)c1OC(=O)OC(C)C. The van der Waals surface area contributed by atoms with Crippen LogP contribution in [0.2, 0.25) is 5.02 Å². The van der Waals surface area contributed by atoms with Crippen molar-refractivity contribution in [2.45, 2.75) is 26.9 Å². The molecule has 0 saturated carbocycles. The third-order valence-electron chi connectivity index (χ3n) is 2.53. The molecular weight excluding hydrogens is 301 g/mol. The zero-order valence-corrected chi connectivity index (χ0v) is 12.4. The number of benzene rings is 1. The van der Waals surface area contributed by atoms with Gasteiger partial charge in [-0.05, 0) is 26.0 Å². The first-order chi connectivity index (χ1) is 9.90. The van der Waals surface area contributed by atoms with E-state index in [9.17, 15) is 9.18 Å². The van der Waals surface area contributed by atoms with Crippen LogP contribution < -0.4 is 4.74 Å². The molecule has 0 fully saturated rings. The largest absolute Gasteiger partial charge is 0.514 e. The van der Waals surface area contributed by atoms with Crippen LogP contribution >= 0.6 is 11.6 Å². The summed E-state index contributed by atoms with van der Waals surface area (Å²) in [6.07, 6.45) is -1.27. The lowest BCUT2D eigenvalue weighted by molar-refractivity contribution is 0.0725. The number of hydrogen-bond acceptors (Lipinski definition) is 5. The molecule has 5 nitrogen and oxygen atoms in total.